The third kappa shape index (κ3) is 6.28. The minimum absolute atomic E-state index is 0.0478. The average Bonchev–Trinajstić information content (AvgIpc) is 2.45. The quantitative estimate of drug-likeness (QED) is 0.728. The lowest BCUT2D eigenvalue weighted by molar-refractivity contribution is -0.139. The van der Waals surface area contributed by atoms with Crippen LogP contribution in [0, 0.1) is 0 Å². The van der Waals surface area contributed by atoms with Crippen LogP contribution in [0.15, 0.2) is 24.3 Å². The SMILES string of the molecule is COc1cccc(C(C)(CC(=O)O)NC(=O)CCOC(C)C)c1. The number of benzene rings is 1. The number of rotatable bonds is 9. The van der Waals surface area contributed by atoms with Gasteiger partial charge >= 0.3 is 5.97 Å². The number of carboxylic acid groups (broad SMARTS) is 1. The largest absolute Gasteiger partial charge is 0.497 e. The molecule has 0 aromatic heterocycles. The second-order valence-electron chi connectivity index (χ2n) is 5.85. The van der Waals surface area contributed by atoms with Gasteiger partial charge in [0.15, 0.2) is 0 Å². The van der Waals surface area contributed by atoms with Crippen molar-refractivity contribution in [2.24, 2.45) is 0 Å². The third-order valence-corrected chi connectivity index (χ3v) is 3.41. The number of hydrogen-bond donors (Lipinski definition) is 2. The summed E-state index contributed by atoms with van der Waals surface area (Å²) in [6.45, 7) is 5.77. The van der Waals surface area contributed by atoms with Crippen LogP contribution in [-0.2, 0) is 19.9 Å². The van der Waals surface area contributed by atoms with Crippen molar-refractivity contribution in [1.82, 2.24) is 5.32 Å². The molecule has 0 aliphatic rings. The van der Waals surface area contributed by atoms with Crippen LogP contribution in [0.5, 0.6) is 5.75 Å². The molecular formula is C17H25NO5. The number of carboxylic acids is 1. The molecule has 2 N–H and O–H groups in total. The smallest absolute Gasteiger partial charge is 0.306 e. The minimum atomic E-state index is -1.02. The first-order valence-corrected chi connectivity index (χ1v) is 7.56. The van der Waals surface area contributed by atoms with E-state index in [0.717, 1.165) is 0 Å². The highest BCUT2D eigenvalue weighted by Gasteiger charge is 2.31. The standard InChI is InChI=1S/C17H25NO5/c1-12(2)23-9-8-15(19)18-17(3,11-16(20)21)13-6-5-7-14(10-13)22-4/h5-7,10,12H,8-9,11H2,1-4H3,(H,18,19)(H,20,21). The van der Waals surface area contributed by atoms with Crippen LogP contribution in [0.4, 0.5) is 0 Å². The van der Waals surface area contributed by atoms with E-state index in [-0.39, 0.29) is 24.9 Å². The molecule has 0 radical (unpaired) electrons. The Kier molecular flexibility index (Phi) is 7.03. The van der Waals surface area contributed by atoms with Crippen molar-refractivity contribution in [2.45, 2.75) is 45.3 Å². The Labute approximate surface area is 136 Å². The second kappa shape index (κ2) is 8.53. The van der Waals surface area contributed by atoms with Crippen LogP contribution in [-0.4, -0.2) is 36.8 Å². The van der Waals surface area contributed by atoms with Crippen molar-refractivity contribution in [3.05, 3.63) is 29.8 Å². The number of hydrogen-bond acceptors (Lipinski definition) is 4. The van der Waals surface area contributed by atoms with Gasteiger partial charge in [-0.15, -0.1) is 0 Å². The van der Waals surface area contributed by atoms with Crippen LogP contribution in [0.1, 0.15) is 39.2 Å². The van der Waals surface area contributed by atoms with E-state index in [1.54, 1.807) is 31.2 Å². The van der Waals surface area contributed by atoms with Crippen LogP contribution >= 0.6 is 0 Å². The molecule has 0 bridgehead atoms. The van der Waals surface area contributed by atoms with Gasteiger partial charge in [-0.25, -0.2) is 0 Å². The van der Waals surface area contributed by atoms with Crippen molar-refractivity contribution < 1.29 is 24.2 Å². The van der Waals surface area contributed by atoms with E-state index in [1.807, 2.05) is 13.8 Å². The predicted molar refractivity (Wildman–Crippen MR) is 86.4 cm³/mol. The molecule has 1 unspecified atom stereocenters. The summed E-state index contributed by atoms with van der Waals surface area (Å²) in [7, 11) is 1.54. The van der Waals surface area contributed by atoms with Crippen LogP contribution in [0.3, 0.4) is 0 Å². The molecule has 1 rings (SSSR count). The fourth-order valence-electron chi connectivity index (χ4n) is 2.24. The highest BCUT2D eigenvalue weighted by molar-refractivity contribution is 5.78. The van der Waals surface area contributed by atoms with Gasteiger partial charge < -0.3 is 19.9 Å². The molecule has 128 valence electrons. The average molecular weight is 323 g/mol. The van der Waals surface area contributed by atoms with Crippen molar-refractivity contribution in [3.8, 4) is 5.75 Å². The molecule has 0 aliphatic carbocycles. The molecule has 0 aliphatic heterocycles. The number of carbonyl (C=O) groups excluding carboxylic acids is 1. The first kappa shape index (κ1) is 19.0. The topological polar surface area (TPSA) is 84.9 Å². The summed E-state index contributed by atoms with van der Waals surface area (Å²) in [4.78, 5) is 23.4. The Morgan fingerprint density at radius 2 is 2.04 bits per heavy atom. The zero-order valence-electron chi connectivity index (χ0n) is 14.1. The second-order valence-corrected chi connectivity index (χ2v) is 5.85. The summed E-state index contributed by atoms with van der Waals surface area (Å²) in [5, 5.41) is 12.0. The highest BCUT2D eigenvalue weighted by Crippen LogP contribution is 2.28. The normalized spacial score (nSPS) is 13.4. The third-order valence-electron chi connectivity index (χ3n) is 3.41. The Balaban J connectivity index is 2.89. The molecule has 1 aromatic rings. The lowest BCUT2D eigenvalue weighted by Gasteiger charge is -2.30. The van der Waals surface area contributed by atoms with E-state index in [4.69, 9.17) is 9.47 Å². The van der Waals surface area contributed by atoms with E-state index in [9.17, 15) is 14.7 Å². The summed E-state index contributed by atoms with van der Waals surface area (Å²) in [6.07, 6.45) is 0.000448. The lowest BCUT2D eigenvalue weighted by atomic mass is 9.88. The molecule has 1 atom stereocenters. The van der Waals surface area contributed by atoms with Gasteiger partial charge in [-0.3, -0.25) is 9.59 Å². The molecule has 0 fully saturated rings. The summed E-state index contributed by atoms with van der Waals surface area (Å²) >= 11 is 0. The van der Waals surface area contributed by atoms with Crippen molar-refractivity contribution >= 4 is 11.9 Å². The molecular weight excluding hydrogens is 298 g/mol. The molecule has 0 saturated carbocycles. The van der Waals surface area contributed by atoms with Gasteiger partial charge in [0.25, 0.3) is 0 Å². The van der Waals surface area contributed by atoms with Gasteiger partial charge in [0.1, 0.15) is 5.75 Å². The van der Waals surface area contributed by atoms with Crippen LogP contribution in [0.2, 0.25) is 0 Å². The molecule has 0 saturated heterocycles. The van der Waals surface area contributed by atoms with E-state index in [0.29, 0.717) is 17.9 Å². The molecule has 1 aromatic carbocycles. The monoisotopic (exact) mass is 323 g/mol. The Hall–Kier alpha value is -2.08. The summed E-state index contributed by atoms with van der Waals surface area (Å²) in [6, 6.07) is 7.04. The number of methoxy groups -OCH3 is 1. The Morgan fingerprint density at radius 3 is 2.61 bits per heavy atom. The van der Waals surface area contributed by atoms with Crippen LogP contribution in [0.25, 0.3) is 0 Å². The fraction of sp³-hybridized carbons (Fsp3) is 0.529. The maximum Gasteiger partial charge on any atom is 0.306 e. The van der Waals surface area contributed by atoms with E-state index in [2.05, 4.69) is 5.32 Å². The highest BCUT2D eigenvalue weighted by atomic mass is 16.5. The number of ether oxygens (including phenoxy) is 2. The Morgan fingerprint density at radius 1 is 1.35 bits per heavy atom. The first-order chi connectivity index (χ1) is 10.8. The first-order valence-electron chi connectivity index (χ1n) is 7.56. The van der Waals surface area contributed by atoms with Gasteiger partial charge in [-0.05, 0) is 38.5 Å². The van der Waals surface area contributed by atoms with E-state index < -0.39 is 11.5 Å². The van der Waals surface area contributed by atoms with Gasteiger partial charge in [-0.2, -0.15) is 0 Å². The number of aliphatic carboxylic acids is 1. The van der Waals surface area contributed by atoms with E-state index in [1.165, 1.54) is 7.11 Å². The maximum atomic E-state index is 12.1. The molecule has 23 heavy (non-hydrogen) atoms. The number of nitrogens with one attached hydrogen (secondary N) is 1. The zero-order valence-corrected chi connectivity index (χ0v) is 14.1. The van der Waals surface area contributed by atoms with Crippen molar-refractivity contribution in [2.75, 3.05) is 13.7 Å². The number of carbonyl (C=O) groups is 2. The van der Waals surface area contributed by atoms with Crippen LogP contribution < -0.4 is 10.1 Å². The summed E-state index contributed by atoms with van der Waals surface area (Å²) in [5.41, 5.74) is -0.340. The lowest BCUT2D eigenvalue weighted by Crippen LogP contribution is -2.45. The molecule has 0 spiro atoms. The fourth-order valence-corrected chi connectivity index (χ4v) is 2.24. The number of amides is 1. The predicted octanol–water partition coefficient (Wildman–Crippen LogP) is 2.32. The van der Waals surface area contributed by atoms with Gasteiger partial charge in [-0.1, -0.05) is 12.1 Å². The van der Waals surface area contributed by atoms with Gasteiger partial charge in [0, 0.05) is 6.42 Å². The molecule has 0 heterocycles. The van der Waals surface area contributed by atoms with Gasteiger partial charge in [0.05, 0.1) is 31.8 Å². The zero-order chi connectivity index (χ0) is 17.5. The molecule has 1 amide bonds. The van der Waals surface area contributed by atoms with E-state index >= 15 is 0 Å². The summed E-state index contributed by atoms with van der Waals surface area (Å²) in [5.74, 6) is -0.636. The van der Waals surface area contributed by atoms with Gasteiger partial charge in [0.2, 0.25) is 5.91 Å². The van der Waals surface area contributed by atoms with Crippen molar-refractivity contribution in [1.29, 1.82) is 0 Å². The molecule has 6 heteroatoms. The maximum absolute atomic E-state index is 12.1. The molecule has 6 nitrogen and oxygen atoms in total. The Bertz CT molecular complexity index is 544. The van der Waals surface area contributed by atoms with Crippen molar-refractivity contribution in [3.63, 3.8) is 0 Å². The summed E-state index contributed by atoms with van der Waals surface area (Å²) < 4.78 is 10.5. The minimum Gasteiger partial charge on any atom is -0.497 e.